The summed E-state index contributed by atoms with van der Waals surface area (Å²) in [6.07, 6.45) is 4.39. The van der Waals surface area contributed by atoms with Gasteiger partial charge in [0, 0.05) is 18.2 Å². The third-order valence-corrected chi connectivity index (χ3v) is 7.54. The van der Waals surface area contributed by atoms with Gasteiger partial charge in [-0.3, -0.25) is 4.79 Å². The maximum Gasteiger partial charge on any atom is 0.305 e. The second-order valence-electron chi connectivity index (χ2n) is 7.70. The van der Waals surface area contributed by atoms with Crippen LogP contribution in [-0.2, 0) is 21.2 Å². The van der Waals surface area contributed by atoms with Crippen molar-refractivity contribution in [3.8, 4) is 11.8 Å². The second kappa shape index (κ2) is 12.0. The minimum Gasteiger partial charge on any atom is -0.481 e. The predicted molar refractivity (Wildman–Crippen MR) is 125 cm³/mol. The van der Waals surface area contributed by atoms with E-state index in [0.717, 1.165) is 23.3 Å². The summed E-state index contributed by atoms with van der Waals surface area (Å²) in [6.45, 7) is 2.48. The molecule has 31 heavy (non-hydrogen) atoms. The van der Waals surface area contributed by atoms with Crippen molar-refractivity contribution in [2.24, 2.45) is 0 Å². The standard InChI is InChI=1S/C23H30N2O4S2/c1-4-5-6-7-18-8-10-19(11-9-18)12-13-21-14-15-23(30-21)31(28,29)24-20(16-22(26)27)17-25(2)3/h8-11,14-15,20,24H,4-7,16-17H2,1-3H3,(H,26,27). The van der Waals surface area contributed by atoms with Gasteiger partial charge in [-0.15, -0.1) is 11.3 Å². The summed E-state index contributed by atoms with van der Waals surface area (Å²) in [4.78, 5) is 13.4. The Labute approximate surface area is 189 Å². The molecular weight excluding hydrogens is 432 g/mol. The van der Waals surface area contributed by atoms with Gasteiger partial charge in [0.05, 0.1) is 11.3 Å². The summed E-state index contributed by atoms with van der Waals surface area (Å²) in [5, 5.41) is 9.05. The summed E-state index contributed by atoms with van der Waals surface area (Å²) in [7, 11) is -0.292. The van der Waals surface area contributed by atoms with Gasteiger partial charge in [-0.05, 0) is 56.8 Å². The molecule has 1 aromatic heterocycles. The van der Waals surface area contributed by atoms with Crippen molar-refractivity contribution >= 4 is 27.3 Å². The zero-order chi connectivity index (χ0) is 22.9. The van der Waals surface area contributed by atoms with Crippen LogP contribution >= 0.6 is 11.3 Å². The largest absolute Gasteiger partial charge is 0.481 e. The molecule has 0 aliphatic carbocycles. The molecule has 0 fully saturated rings. The van der Waals surface area contributed by atoms with Gasteiger partial charge in [0.15, 0.2) is 0 Å². The lowest BCUT2D eigenvalue weighted by molar-refractivity contribution is -0.137. The SMILES string of the molecule is CCCCCc1ccc(C#Cc2ccc(S(=O)(=O)NC(CC(=O)O)CN(C)C)s2)cc1. The topological polar surface area (TPSA) is 86.7 Å². The number of carbonyl (C=O) groups is 1. The Morgan fingerprint density at radius 2 is 1.84 bits per heavy atom. The number of aliphatic carboxylic acids is 1. The number of aryl methyl sites for hydroxylation is 1. The van der Waals surface area contributed by atoms with E-state index in [-0.39, 0.29) is 17.2 Å². The number of likely N-dealkylation sites (N-methyl/N-ethyl adjacent to an activating group) is 1. The lowest BCUT2D eigenvalue weighted by atomic mass is 10.1. The first kappa shape index (κ1) is 25.1. The number of hydrogen-bond acceptors (Lipinski definition) is 5. The molecule has 1 unspecified atom stereocenters. The summed E-state index contributed by atoms with van der Waals surface area (Å²) in [6, 6.07) is 10.6. The fourth-order valence-corrected chi connectivity index (χ4v) is 5.48. The molecule has 1 aromatic carbocycles. The van der Waals surface area contributed by atoms with Crippen LogP contribution in [0.25, 0.3) is 0 Å². The summed E-state index contributed by atoms with van der Waals surface area (Å²) in [5.74, 6) is 5.04. The number of nitrogens with zero attached hydrogens (tertiary/aromatic N) is 1. The van der Waals surface area contributed by atoms with Crippen molar-refractivity contribution in [1.29, 1.82) is 0 Å². The molecule has 2 N–H and O–H groups in total. The van der Waals surface area contributed by atoms with E-state index in [1.54, 1.807) is 25.1 Å². The monoisotopic (exact) mass is 462 g/mol. The van der Waals surface area contributed by atoms with Crippen LogP contribution in [0, 0.1) is 11.8 Å². The normalized spacial score (nSPS) is 12.4. The average molecular weight is 463 g/mol. The van der Waals surface area contributed by atoms with Crippen LogP contribution in [0.15, 0.2) is 40.6 Å². The highest BCUT2D eigenvalue weighted by molar-refractivity contribution is 7.91. The van der Waals surface area contributed by atoms with Crippen molar-refractivity contribution < 1.29 is 18.3 Å². The molecule has 168 valence electrons. The number of nitrogens with one attached hydrogen (secondary N) is 1. The Hall–Kier alpha value is -2.18. The molecule has 0 amide bonds. The van der Waals surface area contributed by atoms with Crippen LogP contribution in [0.4, 0.5) is 0 Å². The van der Waals surface area contributed by atoms with E-state index < -0.39 is 22.0 Å². The van der Waals surface area contributed by atoms with Crippen LogP contribution in [0.3, 0.4) is 0 Å². The third kappa shape index (κ3) is 8.83. The molecule has 6 nitrogen and oxygen atoms in total. The van der Waals surface area contributed by atoms with Crippen LogP contribution < -0.4 is 4.72 Å². The average Bonchev–Trinajstić information content (AvgIpc) is 3.16. The van der Waals surface area contributed by atoms with Gasteiger partial charge >= 0.3 is 5.97 Å². The number of thiophene rings is 1. The molecular formula is C23H30N2O4S2. The first-order chi connectivity index (χ1) is 14.7. The molecule has 2 rings (SSSR count). The highest BCUT2D eigenvalue weighted by Crippen LogP contribution is 2.21. The molecule has 1 heterocycles. The molecule has 0 radical (unpaired) electrons. The zero-order valence-corrected chi connectivity index (χ0v) is 19.9. The minimum atomic E-state index is -3.82. The lowest BCUT2D eigenvalue weighted by Crippen LogP contribution is -2.42. The molecule has 0 aliphatic heterocycles. The molecule has 2 aromatic rings. The van der Waals surface area contributed by atoms with Gasteiger partial charge in [-0.25, -0.2) is 13.1 Å². The summed E-state index contributed by atoms with van der Waals surface area (Å²) in [5.41, 5.74) is 2.17. The van der Waals surface area contributed by atoms with E-state index in [1.165, 1.54) is 30.9 Å². The highest BCUT2D eigenvalue weighted by atomic mass is 32.2. The molecule has 0 saturated carbocycles. The van der Waals surface area contributed by atoms with Gasteiger partial charge in [-0.2, -0.15) is 0 Å². The molecule has 0 saturated heterocycles. The number of carboxylic acid groups (broad SMARTS) is 1. The molecule has 1 atom stereocenters. The van der Waals surface area contributed by atoms with Crippen molar-refractivity contribution in [2.45, 2.75) is 49.3 Å². The maximum atomic E-state index is 12.7. The van der Waals surface area contributed by atoms with Gasteiger partial charge in [0.1, 0.15) is 4.21 Å². The van der Waals surface area contributed by atoms with E-state index in [1.807, 2.05) is 12.1 Å². The van der Waals surface area contributed by atoms with Crippen LogP contribution in [0.2, 0.25) is 0 Å². The Kier molecular flexibility index (Phi) is 9.72. The smallest absolute Gasteiger partial charge is 0.305 e. The maximum absolute atomic E-state index is 12.7. The number of benzene rings is 1. The van der Waals surface area contributed by atoms with Gasteiger partial charge in [0.2, 0.25) is 10.0 Å². The predicted octanol–water partition coefficient (Wildman–Crippen LogP) is 3.56. The fraction of sp³-hybridized carbons (Fsp3) is 0.435. The van der Waals surface area contributed by atoms with Gasteiger partial charge in [-0.1, -0.05) is 43.7 Å². The third-order valence-electron chi connectivity index (χ3n) is 4.53. The number of rotatable bonds is 11. The molecule has 0 bridgehead atoms. The highest BCUT2D eigenvalue weighted by Gasteiger charge is 2.24. The van der Waals surface area contributed by atoms with Crippen LogP contribution in [-0.4, -0.2) is 51.1 Å². The number of carboxylic acids is 1. The Bertz CT molecular complexity index is 1020. The second-order valence-corrected chi connectivity index (χ2v) is 10.7. The molecule has 0 spiro atoms. The quantitative estimate of drug-likeness (QED) is 0.394. The van der Waals surface area contributed by atoms with Crippen molar-refractivity contribution in [1.82, 2.24) is 9.62 Å². The summed E-state index contributed by atoms with van der Waals surface area (Å²) < 4.78 is 28.0. The minimum absolute atomic E-state index is 0.122. The van der Waals surface area contributed by atoms with E-state index in [2.05, 4.69) is 35.6 Å². The lowest BCUT2D eigenvalue weighted by Gasteiger charge is -2.20. The van der Waals surface area contributed by atoms with Crippen molar-refractivity contribution in [3.63, 3.8) is 0 Å². The van der Waals surface area contributed by atoms with E-state index >= 15 is 0 Å². The summed E-state index contributed by atoms with van der Waals surface area (Å²) >= 11 is 1.07. The van der Waals surface area contributed by atoms with Gasteiger partial charge in [0.25, 0.3) is 0 Å². The Morgan fingerprint density at radius 3 is 2.45 bits per heavy atom. The van der Waals surface area contributed by atoms with E-state index in [9.17, 15) is 13.2 Å². The van der Waals surface area contributed by atoms with Crippen LogP contribution in [0.5, 0.6) is 0 Å². The Morgan fingerprint density at radius 1 is 1.13 bits per heavy atom. The fourth-order valence-electron chi connectivity index (χ4n) is 3.07. The molecule has 8 heteroatoms. The first-order valence-corrected chi connectivity index (χ1v) is 12.6. The number of sulfonamides is 1. The zero-order valence-electron chi connectivity index (χ0n) is 18.2. The van der Waals surface area contributed by atoms with E-state index in [0.29, 0.717) is 4.88 Å². The number of hydrogen-bond donors (Lipinski definition) is 2. The first-order valence-electron chi connectivity index (χ1n) is 10.3. The van der Waals surface area contributed by atoms with Crippen LogP contribution in [0.1, 0.15) is 48.6 Å². The van der Waals surface area contributed by atoms with Crippen molar-refractivity contribution in [2.75, 3.05) is 20.6 Å². The van der Waals surface area contributed by atoms with Gasteiger partial charge < -0.3 is 10.0 Å². The molecule has 0 aliphatic rings. The van der Waals surface area contributed by atoms with E-state index in [4.69, 9.17) is 5.11 Å². The number of unbranched alkanes of at least 4 members (excludes halogenated alkanes) is 2. The van der Waals surface area contributed by atoms with Crippen molar-refractivity contribution in [3.05, 3.63) is 52.4 Å². The Balaban J connectivity index is 2.06.